The normalized spacial score (nSPS) is 17.1. The van der Waals surface area contributed by atoms with Gasteiger partial charge in [-0.2, -0.15) is 0 Å². The van der Waals surface area contributed by atoms with Gasteiger partial charge in [0.15, 0.2) is 0 Å². The van der Waals surface area contributed by atoms with E-state index in [1.165, 1.54) is 19.3 Å². The van der Waals surface area contributed by atoms with Crippen LogP contribution in [0.4, 0.5) is 0 Å². The van der Waals surface area contributed by atoms with Gasteiger partial charge >= 0.3 is 0 Å². The highest BCUT2D eigenvalue weighted by Crippen LogP contribution is 2.35. The lowest BCUT2D eigenvalue weighted by Gasteiger charge is -2.22. The van der Waals surface area contributed by atoms with E-state index in [1.54, 1.807) is 12.1 Å². The first kappa shape index (κ1) is 7.85. The van der Waals surface area contributed by atoms with Gasteiger partial charge in [0, 0.05) is 12.0 Å². The molecule has 3 rings (SSSR count). The van der Waals surface area contributed by atoms with Gasteiger partial charge < -0.3 is 10.1 Å². The van der Waals surface area contributed by atoms with E-state index in [0.717, 1.165) is 16.9 Å². The van der Waals surface area contributed by atoms with Crippen LogP contribution in [0.2, 0.25) is 0 Å². The summed E-state index contributed by atoms with van der Waals surface area (Å²) in [6.45, 7) is 0. The molecule has 0 bridgehead atoms. The summed E-state index contributed by atoms with van der Waals surface area (Å²) in [5, 5.41) is 9.30. The summed E-state index contributed by atoms with van der Waals surface area (Å²) >= 11 is 0. The maximum atomic E-state index is 9.30. The highest BCUT2D eigenvalue weighted by atomic mass is 16.3. The average molecular weight is 188 g/mol. The molecule has 0 amide bonds. The standard InChI is InChI=1S/C11H12N2O/c14-8-4-5-9-10(6-8)13-11(12-9)7-2-1-3-7/h4-7,14H,1-3H2,(H,12,13). The fraction of sp³-hybridized carbons (Fsp3) is 0.364. The maximum Gasteiger partial charge on any atom is 0.117 e. The summed E-state index contributed by atoms with van der Waals surface area (Å²) in [4.78, 5) is 7.78. The van der Waals surface area contributed by atoms with Crippen LogP contribution in [-0.4, -0.2) is 15.1 Å². The molecule has 1 fully saturated rings. The molecule has 0 aliphatic heterocycles. The Morgan fingerprint density at radius 3 is 2.93 bits per heavy atom. The quantitative estimate of drug-likeness (QED) is 0.722. The average Bonchev–Trinajstić information content (AvgIpc) is 2.43. The van der Waals surface area contributed by atoms with Gasteiger partial charge in [-0.25, -0.2) is 4.98 Å². The summed E-state index contributed by atoms with van der Waals surface area (Å²) in [6.07, 6.45) is 3.80. The third-order valence-corrected chi connectivity index (χ3v) is 2.98. The first-order valence-corrected chi connectivity index (χ1v) is 5.01. The summed E-state index contributed by atoms with van der Waals surface area (Å²) in [5.74, 6) is 1.99. The number of phenols is 1. The number of imidazole rings is 1. The minimum atomic E-state index is 0.293. The summed E-state index contributed by atoms with van der Waals surface area (Å²) in [6, 6.07) is 5.25. The van der Waals surface area contributed by atoms with E-state index in [9.17, 15) is 5.11 Å². The van der Waals surface area contributed by atoms with Crippen molar-refractivity contribution in [3.8, 4) is 5.75 Å². The second kappa shape index (κ2) is 2.74. The number of hydrogen-bond donors (Lipinski definition) is 2. The van der Waals surface area contributed by atoms with Gasteiger partial charge in [-0.05, 0) is 25.0 Å². The van der Waals surface area contributed by atoms with Gasteiger partial charge in [-0.1, -0.05) is 6.42 Å². The van der Waals surface area contributed by atoms with Crippen LogP contribution in [0.1, 0.15) is 31.0 Å². The molecular weight excluding hydrogens is 176 g/mol. The van der Waals surface area contributed by atoms with Crippen LogP contribution < -0.4 is 0 Å². The van der Waals surface area contributed by atoms with Crippen LogP contribution in [0.5, 0.6) is 5.75 Å². The van der Waals surface area contributed by atoms with Crippen molar-refractivity contribution in [2.24, 2.45) is 0 Å². The Kier molecular flexibility index (Phi) is 1.54. The van der Waals surface area contributed by atoms with Crippen molar-refractivity contribution < 1.29 is 5.11 Å². The molecule has 1 aromatic carbocycles. The molecule has 0 unspecified atom stereocenters. The van der Waals surface area contributed by atoms with Crippen molar-refractivity contribution >= 4 is 11.0 Å². The molecule has 3 nitrogen and oxygen atoms in total. The molecule has 2 N–H and O–H groups in total. The molecule has 1 saturated carbocycles. The molecule has 3 heteroatoms. The van der Waals surface area contributed by atoms with E-state index in [-0.39, 0.29) is 0 Å². The zero-order chi connectivity index (χ0) is 9.54. The van der Waals surface area contributed by atoms with Gasteiger partial charge in [-0.15, -0.1) is 0 Å². The van der Waals surface area contributed by atoms with Crippen LogP contribution in [0, 0.1) is 0 Å². The molecule has 1 aromatic heterocycles. The van der Waals surface area contributed by atoms with Crippen LogP contribution in [0.3, 0.4) is 0 Å². The number of nitrogens with one attached hydrogen (secondary N) is 1. The molecule has 14 heavy (non-hydrogen) atoms. The highest BCUT2D eigenvalue weighted by Gasteiger charge is 2.22. The molecule has 1 aliphatic rings. The zero-order valence-corrected chi connectivity index (χ0v) is 7.83. The predicted octanol–water partition coefficient (Wildman–Crippen LogP) is 2.54. The Hall–Kier alpha value is -1.51. The van der Waals surface area contributed by atoms with Crippen molar-refractivity contribution in [3.05, 3.63) is 24.0 Å². The fourth-order valence-electron chi connectivity index (χ4n) is 1.89. The van der Waals surface area contributed by atoms with E-state index in [4.69, 9.17) is 0 Å². The van der Waals surface area contributed by atoms with Gasteiger partial charge in [0.25, 0.3) is 0 Å². The molecule has 0 atom stereocenters. The minimum Gasteiger partial charge on any atom is -0.508 e. The number of nitrogens with zero attached hydrogens (tertiary/aromatic N) is 1. The third kappa shape index (κ3) is 1.09. The van der Waals surface area contributed by atoms with Gasteiger partial charge in [0.2, 0.25) is 0 Å². The van der Waals surface area contributed by atoms with Gasteiger partial charge in [-0.3, -0.25) is 0 Å². The number of aromatic hydroxyl groups is 1. The Bertz CT molecular complexity index is 471. The van der Waals surface area contributed by atoms with E-state index in [0.29, 0.717) is 11.7 Å². The summed E-state index contributed by atoms with van der Waals surface area (Å²) in [7, 11) is 0. The van der Waals surface area contributed by atoms with Crippen molar-refractivity contribution in [2.45, 2.75) is 25.2 Å². The van der Waals surface area contributed by atoms with Crippen LogP contribution in [-0.2, 0) is 0 Å². The minimum absolute atomic E-state index is 0.293. The monoisotopic (exact) mass is 188 g/mol. The van der Waals surface area contributed by atoms with E-state index in [2.05, 4.69) is 9.97 Å². The number of aromatic amines is 1. The molecule has 72 valence electrons. The first-order valence-electron chi connectivity index (χ1n) is 5.01. The fourth-order valence-corrected chi connectivity index (χ4v) is 1.89. The molecule has 0 saturated heterocycles. The van der Waals surface area contributed by atoms with Crippen LogP contribution in [0.25, 0.3) is 11.0 Å². The maximum absolute atomic E-state index is 9.30. The molecule has 0 radical (unpaired) electrons. The number of benzene rings is 1. The molecule has 0 spiro atoms. The lowest BCUT2D eigenvalue weighted by molar-refractivity contribution is 0.405. The van der Waals surface area contributed by atoms with Gasteiger partial charge in [0.1, 0.15) is 11.6 Å². The second-order valence-electron chi connectivity index (χ2n) is 3.95. The Morgan fingerprint density at radius 2 is 2.21 bits per heavy atom. The molecule has 1 aliphatic carbocycles. The van der Waals surface area contributed by atoms with Crippen molar-refractivity contribution in [1.29, 1.82) is 0 Å². The molecule has 1 heterocycles. The Labute approximate surface area is 81.8 Å². The highest BCUT2D eigenvalue weighted by molar-refractivity contribution is 5.76. The van der Waals surface area contributed by atoms with Crippen LogP contribution in [0.15, 0.2) is 18.2 Å². The molecule has 2 aromatic rings. The predicted molar refractivity (Wildman–Crippen MR) is 54.4 cm³/mol. The smallest absolute Gasteiger partial charge is 0.117 e. The second-order valence-corrected chi connectivity index (χ2v) is 3.95. The SMILES string of the molecule is Oc1ccc2nc(C3CCC3)[nH]c2c1. The number of fused-ring (bicyclic) bond motifs is 1. The van der Waals surface area contributed by atoms with Crippen molar-refractivity contribution in [3.63, 3.8) is 0 Å². The summed E-state index contributed by atoms with van der Waals surface area (Å²) < 4.78 is 0. The van der Waals surface area contributed by atoms with E-state index >= 15 is 0 Å². The summed E-state index contributed by atoms with van der Waals surface area (Å²) in [5.41, 5.74) is 1.89. The van der Waals surface area contributed by atoms with Crippen molar-refractivity contribution in [2.75, 3.05) is 0 Å². The zero-order valence-electron chi connectivity index (χ0n) is 7.83. The van der Waals surface area contributed by atoms with Crippen molar-refractivity contribution in [1.82, 2.24) is 9.97 Å². The third-order valence-electron chi connectivity index (χ3n) is 2.98. The first-order chi connectivity index (χ1) is 6.83. The lowest BCUT2D eigenvalue weighted by Crippen LogP contribution is -2.10. The Balaban J connectivity index is 2.10. The van der Waals surface area contributed by atoms with E-state index < -0.39 is 0 Å². The Morgan fingerprint density at radius 1 is 1.36 bits per heavy atom. The number of phenolic OH excluding ortho intramolecular Hbond substituents is 1. The number of rotatable bonds is 1. The van der Waals surface area contributed by atoms with Gasteiger partial charge in [0.05, 0.1) is 11.0 Å². The number of H-pyrrole nitrogens is 1. The largest absolute Gasteiger partial charge is 0.508 e. The molecular formula is C11H12N2O. The topological polar surface area (TPSA) is 48.9 Å². The number of aromatic nitrogens is 2. The number of hydrogen-bond acceptors (Lipinski definition) is 2. The lowest BCUT2D eigenvalue weighted by atomic mass is 9.85. The van der Waals surface area contributed by atoms with E-state index in [1.807, 2.05) is 6.07 Å². The van der Waals surface area contributed by atoms with Crippen LogP contribution >= 0.6 is 0 Å².